The van der Waals surface area contributed by atoms with Crippen LogP contribution in [0.15, 0.2) is 42.5 Å². The monoisotopic (exact) mass is 285 g/mol. The largest absolute Gasteiger partial charge is 0.508 e. The molecule has 108 valence electrons. The summed E-state index contributed by atoms with van der Waals surface area (Å²) in [6, 6.07) is 11.8. The minimum absolute atomic E-state index is 0.225. The zero-order valence-corrected chi connectivity index (χ0v) is 11.7. The molecule has 0 spiro atoms. The topological polar surface area (TPSA) is 50.1 Å². The molecular formula is C16H16FN3O. The molecule has 0 radical (unpaired) electrons. The maximum absolute atomic E-state index is 13.8. The summed E-state index contributed by atoms with van der Waals surface area (Å²) in [6.45, 7) is 3.23. The molecule has 1 aromatic heterocycles. The first-order chi connectivity index (χ1) is 10.2. The maximum atomic E-state index is 13.8. The quantitative estimate of drug-likeness (QED) is 0.721. The van der Waals surface area contributed by atoms with Gasteiger partial charge in [-0.15, -0.1) is 0 Å². The third kappa shape index (κ3) is 2.54. The van der Waals surface area contributed by atoms with Gasteiger partial charge in [0.05, 0.1) is 12.1 Å². The van der Waals surface area contributed by atoms with E-state index >= 15 is 0 Å². The van der Waals surface area contributed by atoms with Crippen molar-refractivity contribution >= 4 is 16.7 Å². The zero-order valence-electron chi connectivity index (χ0n) is 11.7. The van der Waals surface area contributed by atoms with Gasteiger partial charge in [0.15, 0.2) is 5.82 Å². The Balaban J connectivity index is 1.89. The number of para-hydroxylation sites is 1. The van der Waals surface area contributed by atoms with Gasteiger partial charge in [-0.3, -0.25) is 0 Å². The minimum atomic E-state index is -0.300. The lowest BCUT2D eigenvalue weighted by molar-refractivity contribution is 0.475. The van der Waals surface area contributed by atoms with Crippen LogP contribution in [0, 0.1) is 5.82 Å². The van der Waals surface area contributed by atoms with E-state index < -0.39 is 0 Å². The van der Waals surface area contributed by atoms with Crippen molar-refractivity contribution in [2.45, 2.75) is 20.0 Å². The number of aromatic nitrogens is 2. The van der Waals surface area contributed by atoms with E-state index in [1.54, 1.807) is 30.3 Å². The molecule has 0 amide bonds. The highest BCUT2D eigenvalue weighted by molar-refractivity contribution is 5.76. The average Bonchev–Trinajstić information content (AvgIpc) is 2.86. The molecule has 0 aliphatic heterocycles. The van der Waals surface area contributed by atoms with Crippen LogP contribution in [-0.2, 0) is 13.1 Å². The molecule has 3 aromatic rings. The standard InChI is InChI=1S/C16H16FN3O/c1-2-20-14-5-3-4-13(17)16(14)19-15(20)10-18-11-6-8-12(21)9-7-11/h3-9,18,21H,2,10H2,1H3. The normalized spacial score (nSPS) is 11.0. The summed E-state index contributed by atoms with van der Waals surface area (Å²) in [6.07, 6.45) is 0. The fraction of sp³-hybridized carbons (Fsp3) is 0.188. The van der Waals surface area contributed by atoms with Gasteiger partial charge in [0.25, 0.3) is 0 Å². The number of aryl methyl sites for hydroxylation is 1. The number of anilines is 1. The molecule has 0 unspecified atom stereocenters. The van der Waals surface area contributed by atoms with Crippen LogP contribution in [-0.4, -0.2) is 14.7 Å². The molecule has 2 aromatic carbocycles. The second kappa shape index (κ2) is 5.44. The van der Waals surface area contributed by atoms with Gasteiger partial charge in [-0.1, -0.05) is 6.07 Å². The zero-order chi connectivity index (χ0) is 14.8. The Labute approximate surface area is 121 Å². The third-order valence-corrected chi connectivity index (χ3v) is 3.44. The number of nitrogens with one attached hydrogen (secondary N) is 1. The SMILES string of the molecule is CCn1c(CNc2ccc(O)cc2)nc2c(F)cccc21. The number of rotatable bonds is 4. The first-order valence-corrected chi connectivity index (χ1v) is 6.85. The fourth-order valence-electron chi connectivity index (χ4n) is 2.41. The van der Waals surface area contributed by atoms with Gasteiger partial charge >= 0.3 is 0 Å². The molecule has 21 heavy (non-hydrogen) atoms. The van der Waals surface area contributed by atoms with Crippen molar-refractivity contribution in [2.75, 3.05) is 5.32 Å². The van der Waals surface area contributed by atoms with Gasteiger partial charge < -0.3 is 15.0 Å². The molecular weight excluding hydrogens is 269 g/mol. The number of hydrogen-bond donors (Lipinski definition) is 2. The molecule has 0 saturated carbocycles. The Hall–Kier alpha value is -2.56. The Morgan fingerprint density at radius 1 is 1.19 bits per heavy atom. The maximum Gasteiger partial charge on any atom is 0.151 e. The molecule has 0 atom stereocenters. The lowest BCUT2D eigenvalue weighted by atomic mass is 10.3. The summed E-state index contributed by atoms with van der Waals surface area (Å²) in [4.78, 5) is 4.39. The Morgan fingerprint density at radius 2 is 1.95 bits per heavy atom. The summed E-state index contributed by atoms with van der Waals surface area (Å²) in [5.74, 6) is 0.708. The van der Waals surface area contributed by atoms with Gasteiger partial charge in [0.1, 0.15) is 17.1 Å². The van der Waals surface area contributed by atoms with Crippen LogP contribution in [0.4, 0.5) is 10.1 Å². The molecule has 0 aliphatic rings. The van der Waals surface area contributed by atoms with Crippen LogP contribution in [0.3, 0.4) is 0 Å². The number of aromatic hydroxyl groups is 1. The highest BCUT2D eigenvalue weighted by atomic mass is 19.1. The van der Waals surface area contributed by atoms with Gasteiger partial charge in [-0.05, 0) is 43.3 Å². The highest BCUT2D eigenvalue weighted by Crippen LogP contribution is 2.20. The van der Waals surface area contributed by atoms with E-state index in [0.717, 1.165) is 23.6 Å². The molecule has 5 heteroatoms. The van der Waals surface area contributed by atoms with E-state index in [-0.39, 0.29) is 11.6 Å². The van der Waals surface area contributed by atoms with E-state index in [0.29, 0.717) is 12.1 Å². The Kier molecular flexibility index (Phi) is 3.48. The van der Waals surface area contributed by atoms with Crippen LogP contribution >= 0.6 is 0 Å². The molecule has 0 bridgehead atoms. The van der Waals surface area contributed by atoms with Crippen molar-refractivity contribution in [3.8, 4) is 5.75 Å². The highest BCUT2D eigenvalue weighted by Gasteiger charge is 2.12. The number of benzene rings is 2. The van der Waals surface area contributed by atoms with E-state index in [4.69, 9.17) is 0 Å². The molecule has 0 fully saturated rings. The predicted molar refractivity (Wildman–Crippen MR) is 80.8 cm³/mol. The number of phenolic OH excluding ortho intramolecular Hbond substituents is 1. The molecule has 1 heterocycles. The van der Waals surface area contributed by atoms with Gasteiger partial charge in [0.2, 0.25) is 0 Å². The Morgan fingerprint density at radius 3 is 2.67 bits per heavy atom. The fourth-order valence-corrected chi connectivity index (χ4v) is 2.41. The summed E-state index contributed by atoms with van der Waals surface area (Å²) in [5.41, 5.74) is 2.09. The van der Waals surface area contributed by atoms with Crippen molar-refractivity contribution in [1.29, 1.82) is 0 Å². The molecule has 0 saturated heterocycles. The second-order valence-electron chi connectivity index (χ2n) is 4.78. The third-order valence-electron chi connectivity index (χ3n) is 3.44. The number of imidazole rings is 1. The first-order valence-electron chi connectivity index (χ1n) is 6.85. The van der Waals surface area contributed by atoms with Crippen molar-refractivity contribution in [3.05, 3.63) is 54.1 Å². The molecule has 3 rings (SSSR count). The molecule has 4 nitrogen and oxygen atoms in total. The van der Waals surface area contributed by atoms with Crippen LogP contribution < -0.4 is 5.32 Å². The van der Waals surface area contributed by atoms with Crippen molar-refractivity contribution in [2.24, 2.45) is 0 Å². The van der Waals surface area contributed by atoms with Crippen LogP contribution in [0.25, 0.3) is 11.0 Å². The van der Waals surface area contributed by atoms with Crippen molar-refractivity contribution < 1.29 is 9.50 Å². The first kappa shape index (κ1) is 13.4. The number of nitrogens with zero attached hydrogens (tertiary/aromatic N) is 2. The summed E-state index contributed by atoms with van der Waals surface area (Å²) in [7, 11) is 0. The van der Waals surface area contributed by atoms with Gasteiger partial charge in [-0.25, -0.2) is 9.37 Å². The van der Waals surface area contributed by atoms with Crippen LogP contribution in [0.1, 0.15) is 12.7 Å². The number of phenols is 1. The lowest BCUT2D eigenvalue weighted by Gasteiger charge is -2.08. The summed E-state index contributed by atoms with van der Waals surface area (Å²) < 4.78 is 15.8. The Bertz CT molecular complexity index is 765. The van der Waals surface area contributed by atoms with E-state index in [1.165, 1.54) is 6.07 Å². The molecule has 0 aliphatic carbocycles. The average molecular weight is 285 g/mol. The van der Waals surface area contributed by atoms with E-state index in [2.05, 4.69) is 10.3 Å². The van der Waals surface area contributed by atoms with Crippen LogP contribution in [0.5, 0.6) is 5.75 Å². The van der Waals surface area contributed by atoms with Crippen molar-refractivity contribution in [3.63, 3.8) is 0 Å². The number of hydrogen-bond acceptors (Lipinski definition) is 3. The van der Waals surface area contributed by atoms with E-state index in [1.807, 2.05) is 17.6 Å². The van der Waals surface area contributed by atoms with Crippen molar-refractivity contribution in [1.82, 2.24) is 9.55 Å². The minimum Gasteiger partial charge on any atom is -0.508 e. The second-order valence-corrected chi connectivity index (χ2v) is 4.78. The van der Waals surface area contributed by atoms with Crippen LogP contribution in [0.2, 0.25) is 0 Å². The number of fused-ring (bicyclic) bond motifs is 1. The predicted octanol–water partition coefficient (Wildman–Crippen LogP) is 3.51. The lowest BCUT2D eigenvalue weighted by Crippen LogP contribution is -2.07. The van der Waals surface area contributed by atoms with E-state index in [9.17, 15) is 9.50 Å². The van der Waals surface area contributed by atoms with Gasteiger partial charge in [0, 0.05) is 12.2 Å². The molecule has 2 N–H and O–H groups in total. The summed E-state index contributed by atoms with van der Waals surface area (Å²) in [5, 5.41) is 12.5. The number of halogens is 1. The smallest absolute Gasteiger partial charge is 0.151 e. The summed E-state index contributed by atoms with van der Waals surface area (Å²) >= 11 is 0. The van der Waals surface area contributed by atoms with Gasteiger partial charge in [-0.2, -0.15) is 0 Å².